The van der Waals surface area contributed by atoms with Gasteiger partial charge in [0.1, 0.15) is 17.4 Å². The summed E-state index contributed by atoms with van der Waals surface area (Å²) in [5.41, 5.74) is 0.336. The monoisotopic (exact) mass is 452 g/mol. The second-order valence-corrected chi connectivity index (χ2v) is 8.66. The molecule has 11 heteroatoms. The van der Waals surface area contributed by atoms with E-state index >= 15 is 0 Å². The standard InChI is InChI=1S/C10H12N2O3.C5H3ClN2O2.C5H10O/c1-10(3-4-10)7-15-9-2-5-11-6-8(9)12(13)14;6-4-1-2-7-3-5(4)8(9)10;1-5(4-6)2-3-5/h2,5-6H,3-4,7H2,1H3;1-3H;6H,2-4H2,1H3. The molecule has 0 aromatic carbocycles. The Labute approximate surface area is 184 Å². The average molecular weight is 453 g/mol. The highest BCUT2D eigenvalue weighted by Crippen LogP contribution is 2.45. The molecule has 0 aliphatic heterocycles. The Morgan fingerprint density at radius 3 is 1.90 bits per heavy atom. The normalized spacial score (nSPS) is 16.5. The molecule has 0 spiro atoms. The SMILES string of the molecule is CC1(CO)CC1.CC1(COc2ccncc2[N+](=O)[O-])CC1.O=[N+]([O-])c1cnccc1Cl. The number of rotatable bonds is 6. The topological polar surface area (TPSA) is 142 Å². The summed E-state index contributed by atoms with van der Waals surface area (Å²) in [6.07, 6.45) is 9.94. The molecule has 168 valence electrons. The summed E-state index contributed by atoms with van der Waals surface area (Å²) in [5.74, 6) is 0.308. The Morgan fingerprint density at radius 2 is 1.52 bits per heavy atom. The van der Waals surface area contributed by atoms with Gasteiger partial charge in [-0.1, -0.05) is 25.4 Å². The van der Waals surface area contributed by atoms with Crippen LogP contribution in [0.4, 0.5) is 11.4 Å². The average Bonchev–Trinajstić information content (AvgIpc) is 3.67. The fourth-order valence-corrected chi connectivity index (χ4v) is 2.29. The minimum absolute atomic E-state index is 0.0678. The van der Waals surface area contributed by atoms with Gasteiger partial charge in [-0.25, -0.2) is 0 Å². The van der Waals surface area contributed by atoms with E-state index in [2.05, 4.69) is 23.8 Å². The molecule has 0 radical (unpaired) electrons. The summed E-state index contributed by atoms with van der Waals surface area (Å²) in [6.45, 7) is 5.14. The van der Waals surface area contributed by atoms with Crippen LogP contribution in [-0.2, 0) is 0 Å². The maximum absolute atomic E-state index is 10.6. The van der Waals surface area contributed by atoms with Gasteiger partial charge in [-0.3, -0.25) is 30.2 Å². The molecule has 10 nitrogen and oxygen atoms in total. The molecule has 31 heavy (non-hydrogen) atoms. The highest BCUT2D eigenvalue weighted by Gasteiger charge is 2.38. The zero-order chi connectivity index (χ0) is 23.1. The van der Waals surface area contributed by atoms with Gasteiger partial charge in [-0.05, 0) is 37.2 Å². The van der Waals surface area contributed by atoms with Crippen LogP contribution in [-0.4, -0.2) is 38.1 Å². The van der Waals surface area contributed by atoms with Crippen molar-refractivity contribution >= 4 is 23.0 Å². The maximum Gasteiger partial charge on any atom is 0.329 e. The first-order valence-electron chi connectivity index (χ1n) is 9.65. The zero-order valence-electron chi connectivity index (χ0n) is 17.4. The van der Waals surface area contributed by atoms with Crippen LogP contribution in [0.5, 0.6) is 5.75 Å². The van der Waals surface area contributed by atoms with Gasteiger partial charge < -0.3 is 9.84 Å². The number of nitrogens with zero attached hydrogens (tertiary/aromatic N) is 4. The van der Waals surface area contributed by atoms with E-state index in [1.54, 1.807) is 0 Å². The van der Waals surface area contributed by atoms with E-state index in [9.17, 15) is 20.2 Å². The predicted molar refractivity (Wildman–Crippen MR) is 114 cm³/mol. The molecular formula is C20H25ClN4O6. The molecule has 2 heterocycles. The van der Waals surface area contributed by atoms with Crippen LogP contribution < -0.4 is 4.74 Å². The van der Waals surface area contributed by atoms with E-state index in [0.29, 0.717) is 24.4 Å². The van der Waals surface area contributed by atoms with Crippen molar-refractivity contribution in [2.75, 3.05) is 13.2 Å². The van der Waals surface area contributed by atoms with Crippen molar-refractivity contribution in [3.05, 3.63) is 62.2 Å². The fraction of sp³-hybridized carbons (Fsp3) is 0.500. The van der Waals surface area contributed by atoms with E-state index in [-0.39, 0.29) is 21.8 Å². The Hall–Kier alpha value is -2.85. The molecule has 2 aromatic rings. The van der Waals surface area contributed by atoms with Crippen LogP contribution in [0.2, 0.25) is 5.02 Å². The largest absolute Gasteiger partial charge is 0.486 e. The van der Waals surface area contributed by atoms with Crippen LogP contribution in [0.1, 0.15) is 39.5 Å². The van der Waals surface area contributed by atoms with Gasteiger partial charge >= 0.3 is 11.4 Å². The number of aromatic nitrogens is 2. The van der Waals surface area contributed by atoms with Gasteiger partial charge in [0.05, 0.1) is 16.5 Å². The molecule has 0 unspecified atom stereocenters. The van der Waals surface area contributed by atoms with E-state index in [1.807, 2.05) is 0 Å². The summed E-state index contributed by atoms with van der Waals surface area (Å²) >= 11 is 5.44. The van der Waals surface area contributed by atoms with Crippen molar-refractivity contribution < 1.29 is 19.7 Å². The van der Waals surface area contributed by atoms with E-state index in [0.717, 1.165) is 19.0 Å². The van der Waals surface area contributed by atoms with Crippen LogP contribution in [0.15, 0.2) is 36.9 Å². The molecule has 2 saturated carbocycles. The van der Waals surface area contributed by atoms with Crippen molar-refractivity contribution in [3.8, 4) is 5.75 Å². The van der Waals surface area contributed by atoms with Crippen molar-refractivity contribution in [2.24, 2.45) is 10.8 Å². The third-order valence-corrected chi connectivity index (χ3v) is 5.39. The highest BCUT2D eigenvalue weighted by atomic mass is 35.5. The molecule has 1 N–H and O–H groups in total. The number of ether oxygens (including phenoxy) is 1. The van der Waals surface area contributed by atoms with Crippen molar-refractivity contribution in [2.45, 2.75) is 39.5 Å². The maximum atomic E-state index is 10.6. The Balaban J connectivity index is 0.000000183. The van der Waals surface area contributed by atoms with Crippen LogP contribution >= 0.6 is 11.6 Å². The molecule has 0 amide bonds. The smallest absolute Gasteiger partial charge is 0.329 e. The Morgan fingerprint density at radius 1 is 1.00 bits per heavy atom. The van der Waals surface area contributed by atoms with Gasteiger partial charge in [0.25, 0.3) is 0 Å². The lowest BCUT2D eigenvalue weighted by molar-refractivity contribution is -0.386. The summed E-state index contributed by atoms with van der Waals surface area (Å²) in [7, 11) is 0. The molecule has 0 bridgehead atoms. The first kappa shape index (κ1) is 24.4. The fourth-order valence-electron chi connectivity index (χ4n) is 2.12. The second kappa shape index (κ2) is 10.5. The molecule has 0 atom stereocenters. The number of halogens is 1. The van der Waals surface area contributed by atoms with E-state index < -0.39 is 9.85 Å². The molecule has 0 saturated heterocycles. The van der Waals surface area contributed by atoms with Crippen molar-refractivity contribution in [1.82, 2.24) is 9.97 Å². The predicted octanol–water partition coefficient (Wildman–Crippen LogP) is 4.59. The van der Waals surface area contributed by atoms with Gasteiger partial charge in [0.2, 0.25) is 0 Å². The summed E-state index contributed by atoms with van der Waals surface area (Å²) in [4.78, 5) is 26.9. The molecule has 4 rings (SSSR count). The molecular weight excluding hydrogens is 428 g/mol. The summed E-state index contributed by atoms with van der Waals surface area (Å²) in [6, 6.07) is 2.91. The molecule has 2 aromatic heterocycles. The van der Waals surface area contributed by atoms with Gasteiger partial charge in [-0.2, -0.15) is 0 Å². The first-order valence-corrected chi connectivity index (χ1v) is 10.0. The number of pyridine rings is 2. The summed E-state index contributed by atoms with van der Waals surface area (Å²) < 4.78 is 5.44. The van der Waals surface area contributed by atoms with Crippen LogP contribution in [0, 0.1) is 31.1 Å². The van der Waals surface area contributed by atoms with Crippen LogP contribution in [0.25, 0.3) is 0 Å². The van der Waals surface area contributed by atoms with Crippen LogP contribution in [0.3, 0.4) is 0 Å². The number of hydrogen-bond acceptors (Lipinski definition) is 8. The third kappa shape index (κ3) is 8.06. The minimum Gasteiger partial charge on any atom is -0.486 e. The lowest BCUT2D eigenvalue weighted by atomic mass is 10.2. The minimum atomic E-state index is -0.574. The van der Waals surface area contributed by atoms with Gasteiger partial charge in [-0.15, -0.1) is 0 Å². The molecule has 2 aliphatic carbocycles. The first-order chi connectivity index (χ1) is 14.6. The summed E-state index contributed by atoms with van der Waals surface area (Å²) in [5, 5.41) is 29.3. The lowest BCUT2D eigenvalue weighted by Gasteiger charge is -2.10. The van der Waals surface area contributed by atoms with Crippen molar-refractivity contribution in [1.29, 1.82) is 0 Å². The second-order valence-electron chi connectivity index (χ2n) is 8.25. The third-order valence-electron chi connectivity index (χ3n) is 5.07. The van der Waals surface area contributed by atoms with Crippen molar-refractivity contribution in [3.63, 3.8) is 0 Å². The van der Waals surface area contributed by atoms with Gasteiger partial charge in [0, 0.05) is 30.5 Å². The Bertz CT molecular complexity index is 918. The highest BCUT2D eigenvalue weighted by molar-refractivity contribution is 6.32. The number of hydrogen-bond donors (Lipinski definition) is 1. The molecule has 2 aliphatic rings. The zero-order valence-corrected chi connectivity index (χ0v) is 18.1. The quantitative estimate of drug-likeness (QED) is 0.495. The molecule has 2 fully saturated rings. The number of aliphatic hydroxyl groups excluding tert-OH is 1. The van der Waals surface area contributed by atoms with Gasteiger partial charge in [0.15, 0.2) is 5.75 Å². The lowest BCUT2D eigenvalue weighted by Crippen LogP contribution is -2.09. The Kier molecular flexibility index (Phi) is 8.23. The number of nitro groups is 2. The number of aliphatic hydroxyl groups is 1. The van der Waals surface area contributed by atoms with E-state index in [1.165, 1.54) is 43.6 Å². The van der Waals surface area contributed by atoms with E-state index in [4.69, 9.17) is 21.4 Å².